The molecule has 0 spiro atoms. The van der Waals surface area contributed by atoms with E-state index in [9.17, 15) is 14.9 Å². The molecule has 1 saturated heterocycles. The van der Waals surface area contributed by atoms with Crippen molar-refractivity contribution in [1.29, 1.82) is 0 Å². The monoisotopic (exact) mass is 478 g/mol. The Kier molecular flexibility index (Phi) is 6.71. The molecule has 166 valence electrons. The first-order valence-corrected chi connectivity index (χ1v) is 11.1. The van der Waals surface area contributed by atoms with Gasteiger partial charge in [-0.3, -0.25) is 19.8 Å². The summed E-state index contributed by atoms with van der Waals surface area (Å²) < 4.78 is 11.8. The van der Waals surface area contributed by atoms with Gasteiger partial charge in [0.05, 0.1) is 22.6 Å². The number of hydrogen-bond donors (Lipinski definition) is 0. The van der Waals surface area contributed by atoms with Crippen molar-refractivity contribution in [3.63, 3.8) is 0 Å². The number of anilines is 1. The summed E-state index contributed by atoms with van der Waals surface area (Å²) in [6, 6.07) is 20.8. The second-order valence-electron chi connectivity index (χ2n) is 6.98. The highest BCUT2D eigenvalue weighted by molar-refractivity contribution is 8.27. The first kappa shape index (κ1) is 22.5. The quantitative estimate of drug-likeness (QED) is 0.190. The lowest BCUT2D eigenvalue weighted by Crippen LogP contribution is -2.27. The maximum Gasteiger partial charge on any atom is 0.270 e. The Labute approximate surface area is 199 Å². The molecule has 1 aliphatic heterocycles. The van der Waals surface area contributed by atoms with Crippen LogP contribution in [0.15, 0.2) is 77.7 Å². The van der Waals surface area contributed by atoms with Crippen LogP contribution in [0.1, 0.15) is 11.1 Å². The number of nitro groups is 1. The Morgan fingerprint density at radius 1 is 1.06 bits per heavy atom. The SMILES string of the molecule is COc1ccc(/C=C2/SC(=S)N(c3ccccc3)C2=O)cc1OCc1ccc([N+](=O)[O-])cc1. The number of hydrogen-bond acceptors (Lipinski definition) is 7. The molecule has 0 aromatic heterocycles. The Morgan fingerprint density at radius 3 is 2.45 bits per heavy atom. The van der Waals surface area contributed by atoms with E-state index in [0.717, 1.165) is 16.8 Å². The molecule has 3 aromatic carbocycles. The zero-order valence-corrected chi connectivity index (χ0v) is 19.1. The van der Waals surface area contributed by atoms with Gasteiger partial charge in [-0.25, -0.2) is 0 Å². The number of thioether (sulfide) groups is 1. The normalized spacial score (nSPS) is 14.6. The van der Waals surface area contributed by atoms with Crippen molar-refractivity contribution >= 4 is 51.7 Å². The lowest BCUT2D eigenvalue weighted by molar-refractivity contribution is -0.384. The van der Waals surface area contributed by atoms with E-state index in [1.807, 2.05) is 36.4 Å². The fourth-order valence-electron chi connectivity index (χ4n) is 3.19. The average molecular weight is 479 g/mol. The number of ether oxygens (including phenoxy) is 2. The summed E-state index contributed by atoms with van der Waals surface area (Å²) in [5, 5.41) is 10.8. The van der Waals surface area contributed by atoms with E-state index in [-0.39, 0.29) is 18.2 Å². The number of nitro benzene ring substituents is 1. The van der Waals surface area contributed by atoms with Crippen molar-refractivity contribution in [1.82, 2.24) is 0 Å². The Balaban J connectivity index is 1.54. The second-order valence-corrected chi connectivity index (χ2v) is 8.65. The van der Waals surface area contributed by atoms with Crippen LogP contribution in [0.4, 0.5) is 11.4 Å². The number of non-ortho nitro benzene ring substituents is 1. The molecular formula is C24H18N2O5S2. The lowest BCUT2D eigenvalue weighted by atomic mass is 10.1. The fraction of sp³-hybridized carbons (Fsp3) is 0.0833. The molecule has 0 saturated carbocycles. The number of carbonyl (C=O) groups excluding carboxylic acids is 1. The summed E-state index contributed by atoms with van der Waals surface area (Å²) in [5.41, 5.74) is 2.27. The fourth-order valence-corrected chi connectivity index (χ4v) is 4.49. The first-order chi connectivity index (χ1) is 16.0. The molecule has 0 atom stereocenters. The highest BCUT2D eigenvalue weighted by atomic mass is 32.2. The summed E-state index contributed by atoms with van der Waals surface area (Å²) in [7, 11) is 1.54. The topological polar surface area (TPSA) is 81.9 Å². The van der Waals surface area contributed by atoms with E-state index in [1.165, 1.54) is 28.8 Å². The van der Waals surface area contributed by atoms with Gasteiger partial charge in [-0.15, -0.1) is 0 Å². The predicted octanol–water partition coefficient (Wildman–Crippen LogP) is 5.59. The summed E-state index contributed by atoms with van der Waals surface area (Å²) in [6.45, 7) is 0.202. The molecule has 1 heterocycles. The van der Waals surface area contributed by atoms with Gasteiger partial charge in [-0.05, 0) is 53.6 Å². The molecule has 0 bridgehead atoms. The third kappa shape index (κ3) is 5.05. The molecule has 7 nitrogen and oxygen atoms in total. The van der Waals surface area contributed by atoms with Crippen LogP contribution < -0.4 is 14.4 Å². The predicted molar refractivity (Wildman–Crippen MR) is 133 cm³/mol. The molecular weight excluding hydrogens is 460 g/mol. The summed E-state index contributed by atoms with van der Waals surface area (Å²) in [5.74, 6) is 0.842. The van der Waals surface area contributed by atoms with Gasteiger partial charge in [0.1, 0.15) is 6.61 Å². The van der Waals surface area contributed by atoms with Crippen LogP contribution in [0.5, 0.6) is 11.5 Å². The average Bonchev–Trinajstić information content (AvgIpc) is 3.11. The summed E-state index contributed by atoms with van der Waals surface area (Å²) in [6.07, 6.45) is 1.76. The van der Waals surface area contributed by atoms with Gasteiger partial charge in [0.2, 0.25) is 0 Å². The van der Waals surface area contributed by atoms with Crippen molar-refractivity contribution in [2.75, 3.05) is 12.0 Å². The minimum atomic E-state index is -0.447. The van der Waals surface area contributed by atoms with E-state index >= 15 is 0 Å². The van der Waals surface area contributed by atoms with Crippen LogP contribution in [0.25, 0.3) is 6.08 Å². The van der Waals surface area contributed by atoms with Crippen molar-refractivity contribution in [2.45, 2.75) is 6.61 Å². The molecule has 33 heavy (non-hydrogen) atoms. The van der Waals surface area contributed by atoms with E-state index in [2.05, 4.69) is 0 Å². The maximum absolute atomic E-state index is 13.0. The number of methoxy groups -OCH3 is 1. The van der Waals surface area contributed by atoms with Crippen LogP contribution >= 0.6 is 24.0 Å². The van der Waals surface area contributed by atoms with Crippen LogP contribution in [0.2, 0.25) is 0 Å². The second kappa shape index (κ2) is 9.85. The number of benzene rings is 3. The van der Waals surface area contributed by atoms with Crippen molar-refractivity contribution in [3.05, 3.63) is 98.9 Å². The van der Waals surface area contributed by atoms with E-state index < -0.39 is 4.92 Å². The van der Waals surface area contributed by atoms with E-state index in [1.54, 1.807) is 37.5 Å². The Bertz CT molecular complexity index is 1240. The van der Waals surface area contributed by atoms with Gasteiger partial charge in [0, 0.05) is 12.1 Å². The van der Waals surface area contributed by atoms with Gasteiger partial charge >= 0.3 is 0 Å². The highest BCUT2D eigenvalue weighted by Gasteiger charge is 2.33. The molecule has 4 rings (SSSR count). The molecule has 0 aliphatic carbocycles. The van der Waals surface area contributed by atoms with Crippen LogP contribution in [0.3, 0.4) is 0 Å². The third-order valence-electron chi connectivity index (χ3n) is 4.84. The minimum absolute atomic E-state index is 0.0196. The van der Waals surface area contributed by atoms with Gasteiger partial charge in [-0.1, -0.05) is 48.2 Å². The van der Waals surface area contributed by atoms with E-state index in [4.69, 9.17) is 21.7 Å². The largest absolute Gasteiger partial charge is 0.493 e. The lowest BCUT2D eigenvalue weighted by Gasteiger charge is -2.14. The highest BCUT2D eigenvalue weighted by Crippen LogP contribution is 2.37. The molecule has 0 unspecified atom stereocenters. The number of amides is 1. The van der Waals surface area contributed by atoms with Crippen LogP contribution in [-0.4, -0.2) is 22.3 Å². The van der Waals surface area contributed by atoms with Gasteiger partial charge in [-0.2, -0.15) is 0 Å². The molecule has 3 aromatic rings. The molecule has 1 fully saturated rings. The van der Waals surface area contributed by atoms with E-state index in [0.29, 0.717) is 20.7 Å². The molecule has 9 heteroatoms. The molecule has 1 amide bonds. The van der Waals surface area contributed by atoms with Gasteiger partial charge in [0.25, 0.3) is 11.6 Å². The number of para-hydroxylation sites is 1. The minimum Gasteiger partial charge on any atom is -0.493 e. The van der Waals surface area contributed by atoms with Crippen LogP contribution in [-0.2, 0) is 11.4 Å². The zero-order chi connectivity index (χ0) is 23.4. The van der Waals surface area contributed by atoms with Crippen LogP contribution in [0, 0.1) is 10.1 Å². The van der Waals surface area contributed by atoms with Crippen molar-refractivity contribution < 1.29 is 19.2 Å². The summed E-state index contributed by atoms with van der Waals surface area (Å²) >= 11 is 6.66. The molecule has 1 aliphatic rings. The number of rotatable bonds is 7. The smallest absolute Gasteiger partial charge is 0.270 e. The van der Waals surface area contributed by atoms with Crippen molar-refractivity contribution in [3.8, 4) is 11.5 Å². The molecule has 0 N–H and O–H groups in total. The van der Waals surface area contributed by atoms with Crippen molar-refractivity contribution in [2.24, 2.45) is 0 Å². The van der Waals surface area contributed by atoms with Gasteiger partial charge in [0.15, 0.2) is 15.8 Å². The molecule has 0 radical (unpaired) electrons. The summed E-state index contributed by atoms with van der Waals surface area (Å²) in [4.78, 5) is 25.4. The van der Waals surface area contributed by atoms with Gasteiger partial charge < -0.3 is 9.47 Å². The number of thiocarbonyl (C=S) groups is 1. The number of carbonyl (C=O) groups is 1. The maximum atomic E-state index is 13.0. The Morgan fingerprint density at radius 2 is 1.79 bits per heavy atom. The standard InChI is InChI=1S/C24H18N2O5S2/c1-30-20-12-9-17(13-21(20)31-15-16-7-10-19(11-8-16)26(28)29)14-22-23(27)25(24(32)33-22)18-5-3-2-4-6-18/h2-14H,15H2,1H3/b22-14+. The Hall–Kier alpha value is -3.69. The third-order valence-corrected chi connectivity index (χ3v) is 6.14. The first-order valence-electron chi connectivity index (χ1n) is 9.83. The zero-order valence-electron chi connectivity index (χ0n) is 17.5. The number of nitrogens with zero attached hydrogens (tertiary/aromatic N) is 2.